The summed E-state index contributed by atoms with van der Waals surface area (Å²) >= 11 is 5.97. The molecule has 4 heteroatoms. The van der Waals surface area contributed by atoms with E-state index in [9.17, 15) is 0 Å². The average molecular weight is 236 g/mol. The van der Waals surface area contributed by atoms with Crippen molar-refractivity contribution in [3.8, 4) is 11.4 Å². The van der Waals surface area contributed by atoms with E-state index in [2.05, 4.69) is 29.0 Å². The Labute approximate surface area is 99.9 Å². The lowest BCUT2D eigenvalue weighted by atomic mass is 10.1. The van der Waals surface area contributed by atoms with Gasteiger partial charge in [0, 0.05) is 16.5 Å². The van der Waals surface area contributed by atoms with Gasteiger partial charge in [0.15, 0.2) is 5.82 Å². The van der Waals surface area contributed by atoms with Crippen molar-refractivity contribution in [1.82, 2.24) is 15.2 Å². The van der Waals surface area contributed by atoms with Crippen LogP contribution in [0.3, 0.4) is 0 Å². The summed E-state index contributed by atoms with van der Waals surface area (Å²) in [6.07, 6.45) is 0. The summed E-state index contributed by atoms with van der Waals surface area (Å²) in [5.41, 5.74) is 2.11. The van der Waals surface area contributed by atoms with Gasteiger partial charge in [0.1, 0.15) is 5.82 Å². The number of nitrogens with zero attached hydrogens (tertiary/aromatic N) is 2. The van der Waals surface area contributed by atoms with Crippen molar-refractivity contribution in [2.45, 2.75) is 26.7 Å². The fourth-order valence-corrected chi connectivity index (χ4v) is 1.66. The molecule has 0 saturated carbocycles. The molecule has 2 rings (SSSR count). The molecule has 1 heterocycles. The highest BCUT2D eigenvalue weighted by molar-refractivity contribution is 6.30. The van der Waals surface area contributed by atoms with Crippen molar-refractivity contribution >= 4 is 11.6 Å². The predicted molar refractivity (Wildman–Crippen MR) is 65.7 cm³/mol. The molecule has 0 spiro atoms. The first-order chi connectivity index (χ1) is 7.58. The number of rotatable bonds is 2. The Balaban J connectivity index is 2.46. The van der Waals surface area contributed by atoms with Gasteiger partial charge in [-0.1, -0.05) is 31.5 Å². The molecule has 2 aromatic rings. The maximum Gasteiger partial charge on any atom is 0.181 e. The Bertz CT molecular complexity index is 503. The number of nitrogens with one attached hydrogen (secondary N) is 1. The van der Waals surface area contributed by atoms with E-state index in [0.29, 0.717) is 16.8 Å². The molecule has 0 radical (unpaired) electrons. The smallest absolute Gasteiger partial charge is 0.181 e. The minimum Gasteiger partial charge on any atom is -0.262 e. The van der Waals surface area contributed by atoms with E-state index in [1.807, 2.05) is 25.1 Å². The van der Waals surface area contributed by atoms with Crippen LogP contribution in [0.25, 0.3) is 11.4 Å². The highest BCUT2D eigenvalue weighted by Crippen LogP contribution is 2.24. The molecule has 0 unspecified atom stereocenters. The van der Waals surface area contributed by atoms with Crippen molar-refractivity contribution in [3.05, 3.63) is 34.6 Å². The van der Waals surface area contributed by atoms with Crippen molar-refractivity contribution in [3.63, 3.8) is 0 Å². The topological polar surface area (TPSA) is 41.6 Å². The van der Waals surface area contributed by atoms with E-state index < -0.39 is 0 Å². The number of halogens is 1. The van der Waals surface area contributed by atoms with E-state index in [1.165, 1.54) is 0 Å². The Morgan fingerprint density at radius 1 is 1.31 bits per heavy atom. The van der Waals surface area contributed by atoms with Gasteiger partial charge in [-0.3, -0.25) is 5.10 Å². The van der Waals surface area contributed by atoms with E-state index in [1.54, 1.807) is 0 Å². The van der Waals surface area contributed by atoms with Crippen molar-refractivity contribution < 1.29 is 0 Å². The predicted octanol–water partition coefficient (Wildman–Crippen LogP) is 3.56. The molecule has 1 aromatic heterocycles. The van der Waals surface area contributed by atoms with E-state index in [-0.39, 0.29) is 0 Å². The fourth-order valence-electron chi connectivity index (χ4n) is 1.49. The van der Waals surface area contributed by atoms with Crippen LogP contribution in [0.1, 0.15) is 31.2 Å². The van der Waals surface area contributed by atoms with Crippen LogP contribution in [-0.4, -0.2) is 15.2 Å². The third-order valence-corrected chi connectivity index (χ3v) is 2.73. The lowest BCUT2D eigenvalue weighted by Gasteiger charge is -2.01. The van der Waals surface area contributed by atoms with Gasteiger partial charge in [0.2, 0.25) is 0 Å². The maximum atomic E-state index is 5.97. The number of aryl methyl sites for hydroxylation is 1. The number of hydrogen-bond donors (Lipinski definition) is 1. The van der Waals surface area contributed by atoms with Crippen molar-refractivity contribution in [2.24, 2.45) is 0 Å². The molecule has 1 N–H and O–H groups in total. The highest BCUT2D eigenvalue weighted by atomic mass is 35.5. The van der Waals surface area contributed by atoms with E-state index in [0.717, 1.165) is 17.0 Å². The van der Waals surface area contributed by atoms with Crippen LogP contribution >= 0.6 is 11.6 Å². The molecular formula is C12H14ClN3. The van der Waals surface area contributed by atoms with Gasteiger partial charge in [-0.2, -0.15) is 5.10 Å². The SMILES string of the molecule is Cc1ccc(Cl)cc1-c1n[nH]c(C(C)C)n1. The first-order valence-corrected chi connectivity index (χ1v) is 5.64. The van der Waals surface area contributed by atoms with Gasteiger partial charge in [0.05, 0.1) is 0 Å². The second kappa shape index (κ2) is 4.26. The van der Waals surface area contributed by atoms with Crippen LogP contribution in [0, 0.1) is 6.92 Å². The zero-order valence-corrected chi connectivity index (χ0v) is 10.3. The second-order valence-electron chi connectivity index (χ2n) is 4.16. The zero-order chi connectivity index (χ0) is 11.7. The first-order valence-electron chi connectivity index (χ1n) is 5.26. The average Bonchev–Trinajstić information content (AvgIpc) is 2.70. The molecule has 0 amide bonds. The van der Waals surface area contributed by atoms with Crippen LogP contribution in [-0.2, 0) is 0 Å². The van der Waals surface area contributed by atoms with Gasteiger partial charge in [-0.05, 0) is 24.6 Å². The minimum atomic E-state index is 0.348. The van der Waals surface area contributed by atoms with Crippen LogP contribution < -0.4 is 0 Å². The van der Waals surface area contributed by atoms with Gasteiger partial charge >= 0.3 is 0 Å². The van der Waals surface area contributed by atoms with Gasteiger partial charge in [0.25, 0.3) is 0 Å². The molecule has 3 nitrogen and oxygen atoms in total. The third kappa shape index (κ3) is 2.09. The summed E-state index contributed by atoms with van der Waals surface area (Å²) in [5.74, 6) is 1.96. The number of aromatic amines is 1. The first kappa shape index (κ1) is 11.1. The fraction of sp³-hybridized carbons (Fsp3) is 0.333. The zero-order valence-electron chi connectivity index (χ0n) is 9.58. The number of H-pyrrole nitrogens is 1. The normalized spacial score (nSPS) is 11.1. The Kier molecular flexibility index (Phi) is 2.97. The molecule has 0 atom stereocenters. The quantitative estimate of drug-likeness (QED) is 0.865. The monoisotopic (exact) mass is 235 g/mol. The molecule has 16 heavy (non-hydrogen) atoms. The molecule has 0 aliphatic carbocycles. The van der Waals surface area contributed by atoms with Crippen molar-refractivity contribution in [1.29, 1.82) is 0 Å². The van der Waals surface area contributed by atoms with E-state index in [4.69, 9.17) is 11.6 Å². The second-order valence-corrected chi connectivity index (χ2v) is 4.59. The molecule has 0 saturated heterocycles. The molecule has 1 aromatic carbocycles. The lowest BCUT2D eigenvalue weighted by molar-refractivity contribution is 0.781. The summed E-state index contributed by atoms with van der Waals surface area (Å²) in [5, 5.41) is 7.87. The summed E-state index contributed by atoms with van der Waals surface area (Å²) < 4.78 is 0. The van der Waals surface area contributed by atoms with Gasteiger partial charge in [-0.15, -0.1) is 0 Å². The summed E-state index contributed by atoms with van der Waals surface area (Å²) in [6.45, 7) is 6.18. The standard InChI is InChI=1S/C12H14ClN3/c1-7(2)11-14-12(16-15-11)10-6-9(13)5-4-8(10)3/h4-7H,1-3H3,(H,14,15,16). The van der Waals surface area contributed by atoms with Crippen LogP contribution in [0.2, 0.25) is 5.02 Å². The Morgan fingerprint density at radius 2 is 2.06 bits per heavy atom. The van der Waals surface area contributed by atoms with Crippen LogP contribution in [0.5, 0.6) is 0 Å². The summed E-state index contributed by atoms with van der Waals surface area (Å²) in [6, 6.07) is 5.74. The summed E-state index contributed by atoms with van der Waals surface area (Å²) in [4.78, 5) is 4.46. The Morgan fingerprint density at radius 3 is 2.69 bits per heavy atom. The van der Waals surface area contributed by atoms with Gasteiger partial charge < -0.3 is 0 Å². The Hall–Kier alpha value is -1.35. The van der Waals surface area contributed by atoms with Crippen LogP contribution in [0.4, 0.5) is 0 Å². The largest absolute Gasteiger partial charge is 0.262 e. The van der Waals surface area contributed by atoms with Gasteiger partial charge in [-0.25, -0.2) is 4.98 Å². The molecule has 0 aliphatic heterocycles. The van der Waals surface area contributed by atoms with E-state index >= 15 is 0 Å². The molecule has 0 fully saturated rings. The van der Waals surface area contributed by atoms with Crippen LogP contribution in [0.15, 0.2) is 18.2 Å². The molecular weight excluding hydrogens is 222 g/mol. The maximum absolute atomic E-state index is 5.97. The minimum absolute atomic E-state index is 0.348. The number of aromatic nitrogens is 3. The molecule has 0 bridgehead atoms. The highest BCUT2D eigenvalue weighted by Gasteiger charge is 2.10. The number of benzene rings is 1. The number of hydrogen-bond acceptors (Lipinski definition) is 2. The van der Waals surface area contributed by atoms with Crippen molar-refractivity contribution in [2.75, 3.05) is 0 Å². The molecule has 0 aliphatic rings. The summed E-state index contributed by atoms with van der Waals surface area (Å²) in [7, 11) is 0. The molecule has 84 valence electrons. The third-order valence-electron chi connectivity index (χ3n) is 2.49. The lowest BCUT2D eigenvalue weighted by Crippen LogP contribution is -1.90.